The highest BCUT2D eigenvalue weighted by molar-refractivity contribution is 9.10. The standard InChI is InChI=1S/C16H20BrF3O/c1-14(2)6-15(3,4)8-16(21,7-14)9-5-10(17)12(19)13(20)11(9)18/h5,21H,6-8H2,1-4H3. The molecule has 0 aromatic heterocycles. The Morgan fingerprint density at radius 3 is 1.86 bits per heavy atom. The van der Waals surface area contributed by atoms with E-state index >= 15 is 0 Å². The molecule has 2 rings (SSSR count). The molecule has 1 N–H and O–H groups in total. The van der Waals surface area contributed by atoms with Crippen LogP contribution in [-0.2, 0) is 5.60 Å². The molecule has 1 aromatic rings. The lowest BCUT2D eigenvalue weighted by molar-refractivity contribution is -0.0935. The van der Waals surface area contributed by atoms with Gasteiger partial charge in [0.2, 0.25) is 0 Å². The number of hydrogen-bond acceptors (Lipinski definition) is 1. The Balaban J connectivity index is 2.59. The number of benzene rings is 1. The van der Waals surface area contributed by atoms with E-state index in [1.807, 2.05) is 27.7 Å². The van der Waals surface area contributed by atoms with Gasteiger partial charge in [0.1, 0.15) is 0 Å². The minimum atomic E-state index is -1.55. The molecule has 1 aliphatic rings. The van der Waals surface area contributed by atoms with E-state index in [1.54, 1.807) is 0 Å². The Hall–Kier alpha value is -0.550. The second kappa shape index (κ2) is 4.98. The summed E-state index contributed by atoms with van der Waals surface area (Å²) in [4.78, 5) is 0. The molecule has 0 spiro atoms. The molecule has 0 unspecified atom stereocenters. The van der Waals surface area contributed by atoms with Crippen LogP contribution in [0.3, 0.4) is 0 Å². The van der Waals surface area contributed by atoms with Crippen molar-refractivity contribution in [2.45, 2.75) is 52.6 Å². The first-order valence-corrected chi connectivity index (χ1v) is 7.72. The van der Waals surface area contributed by atoms with Gasteiger partial charge in [-0.15, -0.1) is 0 Å². The van der Waals surface area contributed by atoms with Gasteiger partial charge < -0.3 is 5.11 Å². The molecule has 0 bridgehead atoms. The molecule has 0 atom stereocenters. The van der Waals surface area contributed by atoms with Gasteiger partial charge in [0.15, 0.2) is 17.5 Å². The minimum absolute atomic E-state index is 0.172. The van der Waals surface area contributed by atoms with E-state index in [0.717, 1.165) is 12.5 Å². The summed E-state index contributed by atoms with van der Waals surface area (Å²) in [5.41, 5.74) is -2.12. The first-order valence-electron chi connectivity index (χ1n) is 6.93. The quantitative estimate of drug-likeness (QED) is 0.530. The SMILES string of the molecule is CC1(C)CC(C)(C)CC(O)(c2cc(Br)c(F)c(F)c2F)C1. The molecule has 0 aliphatic heterocycles. The van der Waals surface area contributed by atoms with Gasteiger partial charge in [-0.25, -0.2) is 13.2 Å². The third kappa shape index (κ3) is 3.14. The van der Waals surface area contributed by atoms with Gasteiger partial charge in [0.05, 0.1) is 10.1 Å². The zero-order chi connectivity index (χ0) is 16.2. The Kier molecular flexibility index (Phi) is 3.99. The average molecular weight is 365 g/mol. The van der Waals surface area contributed by atoms with Crippen molar-refractivity contribution in [1.29, 1.82) is 0 Å². The van der Waals surface area contributed by atoms with Gasteiger partial charge in [-0.3, -0.25) is 0 Å². The van der Waals surface area contributed by atoms with Crippen molar-refractivity contribution in [1.82, 2.24) is 0 Å². The maximum atomic E-state index is 14.2. The van der Waals surface area contributed by atoms with Gasteiger partial charge in [-0.2, -0.15) is 0 Å². The summed E-state index contributed by atoms with van der Waals surface area (Å²) in [7, 11) is 0. The Bertz CT molecular complexity index is 565. The van der Waals surface area contributed by atoms with Crippen LogP contribution in [0.4, 0.5) is 13.2 Å². The van der Waals surface area contributed by atoms with Crippen LogP contribution < -0.4 is 0 Å². The summed E-state index contributed by atoms with van der Waals surface area (Å²) in [5.74, 6) is -4.12. The van der Waals surface area contributed by atoms with Gasteiger partial charge >= 0.3 is 0 Å². The van der Waals surface area contributed by atoms with Crippen LogP contribution in [0.15, 0.2) is 10.5 Å². The number of rotatable bonds is 1. The fourth-order valence-electron chi connectivity index (χ4n) is 4.17. The summed E-state index contributed by atoms with van der Waals surface area (Å²) < 4.78 is 41.1. The second-order valence-electron chi connectivity index (χ2n) is 7.74. The zero-order valence-electron chi connectivity index (χ0n) is 12.7. The van der Waals surface area contributed by atoms with Crippen LogP contribution in [0.1, 0.15) is 52.5 Å². The third-order valence-corrected chi connectivity index (χ3v) is 4.68. The highest BCUT2D eigenvalue weighted by Crippen LogP contribution is 2.54. The Labute approximate surface area is 131 Å². The van der Waals surface area contributed by atoms with Crippen molar-refractivity contribution in [3.63, 3.8) is 0 Å². The molecule has 1 aliphatic carbocycles. The summed E-state index contributed by atoms with van der Waals surface area (Å²) in [6, 6.07) is 1.16. The topological polar surface area (TPSA) is 20.2 Å². The predicted molar refractivity (Wildman–Crippen MR) is 79.3 cm³/mol. The zero-order valence-corrected chi connectivity index (χ0v) is 14.2. The molecule has 0 amide bonds. The van der Waals surface area contributed by atoms with Gasteiger partial charge in [-0.05, 0) is 52.1 Å². The summed E-state index contributed by atoms with van der Waals surface area (Å²) in [6.45, 7) is 7.97. The summed E-state index contributed by atoms with van der Waals surface area (Å²) in [6.07, 6.45) is 1.48. The molecule has 1 fully saturated rings. The van der Waals surface area contributed by atoms with Crippen molar-refractivity contribution in [3.8, 4) is 0 Å². The van der Waals surface area contributed by atoms with Crippen molar-refractivity contribution in [3.05, 3.63) is 33.6 Å². The fourth-order valence-corrected chi connectivity index (χ4v) is 4.57. The number of hydrogen-bond donors (Lipinski definition) is 1. The van der Waals surface area contributed by atoms with Crippen LogP contribution in [0.25, 0.3) is 0 Å². The van der Waals surface area contributed by atoms with E-state index in [9.17, 15) is 18.3 Å². The average Bonchev–Trinajstić information content (AvgIpc) is 2.26. The largest absolute Gasteiger partial charge is 0.385 e. The Morgan fingerprint density at radius 1 is 0.905 bits per heavy atom. The van der Waals surface area contributed by atoms with Crippen LogP contribution >= 0.6 is 15.9 Å². The molecular formula is C16H20BrF3O. The molecule has 1 nitrogen and oxygen atoms in total. The lowest BCUT2D eigenvalue weighted by Gasteiger charge is -2.49. The smallest absolute Gasteiger partial charge is 0.195 e. The molecule has 1 saturated carbocycles. The maximum absolute atomic E-state index is 14.2. The summed E-state index contributed by atoms with van der Waals surface area (Å²) in [5, 5.41) is 11.0. The van der Waals surface area contributed by atoms with Gasteiger partial charge in [0.25, 0.3) is 0 Å². The molecule has 5 heteroatoms. The Morgan fingerprint density at radius 2 is 1.38 bits per heavy atom. The van der Waals surface area contributed by atoms with E-state index < -0.39 is 23.1 Å². The van der Waals surface area contributed by atoms with Crippen LogP contribution in [-0.4, -0.2) is 5.11 Å². The van der Waals surface area contributed by atoms with Crippen molar-refractivity contribution in [2.75, 3.05) is 0 Å². The number of aliphatic hydroxyl groups is 1. The highest BCUT2D eigenvalue weighted by Gasteiger charge is 2.49. The highest BCUT2D eigenvalue weighted by atomic mass is 79.9. The van der Waals surface area contributed by atoms with E-state index in [1.165, 1.54) is 0 Å². The molecule has 0 saturated heterocycles. The van der Waals surface area contributed by atoms with Gasteiger partial charge in [0, 0.05) is 5.56 Å². The molecule has 1 aromatic carbocycles. The first-order chi connectivity index (χ1) is 9.37. The fraction of sp³-hybridized carbons (Fsp3) is 0.625. The molecule has 0 radical (unpaired) electrons. The van der Waals surface area contributed by atoms with Crippen molar-refractivity contribution in [2.24, 2.45) is 10.8 Å². The van der Waals surface area contributed by atoms with Crippen LogP contribution in [0.2, 0.25) is 0 Å². The van der Waals surface area contributed by atoms with E-state index in [4.69, 9.17) is 0 Å². The maximum Gasteiger partial charge on any atom is 0.195 e. The van der Waals surface area contributed by atoms with Crippen molar-refractivity contribution < 1.29 is 18.3 Å². The summed E-state index contributed by atoms with van der Waals surface area (Å²) >= 11 is 2.89. The molecule has 0 heterocycles. The van der Waals surface area contributed by atoms with Crippen LogP contribution in [0.5, 0.6) is 0 Å². The van der Waals surface area contributed by atoms with Gasteiger partial charge in [-0.1, -0.05) is 27.7 Å². The van der Waals surface area contributed by atoms with E-state index in [2.05, 4.69) is 15.9 Å². The predicted octanol–water partition coefficient (Wildman–Crippen LogP) is 5.29. The second-order valence-corrected chi connectivity index (χ2v) is 8.59. The normalized spacial score (nSPS) is 23.1. The van der Waals surface area contributed by atoms with Crippen LogP contribution in [0, 0.1) is 28.3 Å². The molecular weight excluding hydrogens is 345 g/mol. The lowest BCUT2D eigenvalue weighted by atomic mass is 9.58. The first kappa shape index (κ1) is 16.8. The van der Waals surface area contributed by atoms with Crippen molar-refractivity contribution >= 4 is 15.9 Å². The monoisotopic (exact) mass is 364 g/mol. The molecule has 118 valence electrons. The third-order valence-electron chi connectivity index (χ3n) is 4.10. The van der Waals surface area contributed by atoms with E-state index in [-0.39, 0.29) is 20.9 Å². The number of halogens is 4. The van der Waals surface area contributed by atoms with E-state index in [0.29, 0.717) is 12.8 Å². The molecule has 21 heavy (non-hydrogen) atoms. The lowest BCUT2D eigenvalue weighted by Crippen LogP contribution is -2.44. The minimum Gasteiger partial charge on any atom is -0.385 e.